The third-order valence-corrected chi connectivity index (χ3v) is 4.08. The van der Waals surface area contributed by atoms with E-state index in [9.17, 15) is 0 Å². The molecule has 2 aliphatic heterocycles. The van der Waals surface area contributed by atoms with Crippen molar-refractivity contribution in [1.29, 1.82) is 0 Å². The molecule has 1 aromatic rings. The van der Waals surface area contributed by atoms with Crippen LogP contribution in [0.1, 0.15) is 17.0 Å². The molecule has 1 saturated heterocycles. The average Bonchev–Trinajstić information content (AvgIpc) is 2.71. The van der Waals surface area contributed by atoms with Gasteiger partial charge in [0.2, 0.25) is 0 Å². The topological polar surface area (TPSA) is 21.3 Å². The first kappa shape index (κ1) is 12.5. The Hall–Kier alpha value is 0.01000. The van der Waals surface area contributed by atoms with Crippen LogP contribution in [-0.4, -0.2) is 19.2 Å². The van der Waals surface area contributed by atoms with Crippen molar-refractivity contribution in [2.24, 2.45) is 0 Å². The van der Waals surface area contributed by atoms with Gasteiger partial charge in [-0.1, -0.05) is 29.3 Å². The normalized spacial score (nSPS) is 26.9. The quantitative estimate of drug-likeness (QED) is 0.789. The van der Waals surface area contributed by atoms with Crippen LogP contribution in [0.25, 0.3) is 0 Å². The standard InChI is InChI=1S/C11H11Cl2NO.ClH/c12-9-2-1-6-7-3-14-4-10(7)15-5-8(6)11(9)13;/h1-2,7,10,14H,3-5H2;1H/t7-,10-;/m1./s1. The van der Waals surface area contributed by atoms with E-state index in [4.69, 9.17) is 27.9 Å². The highest BCUT2D eigenvalue weighted by Crippen LogP contribution is 2.39. The molecule has 0 aliphatic carbocycles. The van der Waals surface area contributed by atoms with Crippen LogP contribution in [0.2, 0.25) is 10.0 Å². The number of halogens is 3. The third kappa shape index (κ3) is 1.83. The van der Waals surface area contributed by atoms with Crippen molar-refractivity contribution in [3.05, 3.63) is 33.3 Å². The maximum Gasteiger partial charge on any atom is 0.0784 e. The number of hydrogen-bond acceptors (Lipinski definition) is 2. The Balaban J connectivity index is 0.000000963. The summed E-state index contributed by atoms with van der Waals surface area (Å²) in [5.41, 5.74) is 2.36. The second-order valence-electron chi connectivity index (χ2n) is 4.04. The SMILES string of the molecule is Cl.Clc1ccc2c(c1Cl)CO[C@@H]1CNC[C@H]21. The molecular weight excluding hydrogens is 268 g/mol. The highest BCUT2D eigenvalue weighted by Gasteiger charge is 2.35. The molecule has 5 heteroatoms. The van der Waals surface area contributed by atoms with Crippen LogP contribution < -0.4 is 5.32 Å². The van der Waals surface area contributed by atoms with Crippen LogP contribution in [0.4, 0.5) is 0 Å². The minimum absolute atomic E-state index is 0. The molecule has 2 nitrogen and oxygen atoms in total. The van der Waals surface area contributed by atoms with Gasteiger partial charge >= 0.3 is 0 Å². The van der Waals surface area contributed by atoms with Crippen LogP contribution >= 0.6 is 35.6 Å². The van der Waals surface area contributed by atoms with E-state index in [0.29, 0.717) is 28.7 Å². The fourth-order valence-electron chi connectivity index (χ4n) is 2.43. The fourth-order valence-corrected chi connectivity index (χ4v) is 2.84. The van der Waals surface area contributed by atoms with E-state index in [0.717, 1.165) is 18.7 Å². The van der Waals surface area contributed by atoms with Gasteiger partial charge in [-0.05, 0) is 11.6 Å². The monoisotopic (exact) mass is 279 g/mol. The molecule has 1 fully saturated rings. The van der Waals surface area contributed by atoms with E-state index >= 15 is 0 Å². The lowest BCUT2D eigenvalue weighted by atomic mass is 9.90. The predicted molar refractivity (Wildman–Crippen MR) is 67.9 cm³/mol. The van der Waals surface area contributed by atoms with Crippen molar-refractivity contribution in [3.8, 4) is 0 Å². The van der Waals surface area contributed by atoms with Crippen molar-refractivity contribution >= 4 is 35.6 Å². The van der Waals surface area contributed by atoms with E-state index in [2.05, 4.69) is 11.4 Å². The summed E-state index contributed by atoms with van der Waals surface area (Å²) in [6.45, 7) is 2.48. The van der Waals surface area contributed by atoms with Gasteiger partial charge in [-0.3, -0.25) is 0 Å². The molecule has 0 saturated carbocycles. The van der Waals surface area contributed by atoms with Gasteiger partial charge in [0, 0.05) is 24.6 Å². The lowest BCUT2D eigenvalue weighted by Gasteiger charge is -2.28. The number of benzene rings is 1. The first-order valence-corrected chi connectivity index (χ1v) is 5.82. The summed E-state index contributed by atoms with van der Waals surface area (Å²) >= 11 is 12.2. The van der Waals surface area contributed by atoms with E-state index in [-0.39, 0.29) is 12.4 Å². The minimum Gasteiger partial charge on any atom is -0.371 e. The molecule has 0 radical (unpaired) electrons. The van der Waals surface area contributed by atoms with E-state index in [1.807, 2.05) is 6.07 Å². The van der Waals surface area contributed by atoms with Crippen LogP contribution in [0.5, 0.6) is 0 Å². The number of rotatable bonds is 0. The van der Waals surface area contributed by atoms with Gasteiger partial charge in [-0.2, -0.15) is 0 Å². The highest BCUT2D eigenvalue weighted by atomic mass is 35.5. The lowest BCUT2D eigenvalue weighted by molar-refractivity contribution is 0.0300. The second-order valence-corrected chi connectivity index (χ2v) is 4.83. The van der Waals surface area contributed by atoms with Gasteiger partial charge < -0.3 is 10.1 Å². The lowest BCUT2D eigenvalue weighted by Crippen LogP contribution is -2.27. The van der Waals surface area contributed by atoms with E-state index in [1.165, 1.54) is 5.56 Å². The Morgan fingerprint density at radius 1 is 1.25 bits per heavy atom. The van der Waals surface area contributed by atoms with Crippen LogP contribution in [-0.2, 0) is 11.3 Å². The van der Waals surface area contributed by atoms with Gasteiger partial charge in [0.15, 0.2) is 0 Å². The molecule has 0 aromatic heterocycles. The zero-order valence-corrected chi connectivity index (χ0v) is 10.8. The zero-order valence-electron chi connectivity index (χ0n) is 8.50. The van der Waals surface area contributed by atoms with Gasteiger partial charge in [-0.15, -0.1) is 12.4 Å². The predicted octanol–water partition coefficient (Wildman–Crippen LogP) is 3.00. The Bertz CT molecular complexity index is 410. The molecule has 88 valence electrons. The summed E-state index contributed by atoms with van der Waals surface area (Å²) in [7, 11) is 0. The summed E-state index contributed by atoms with van der Waals surface area (Å²) in [5, 5.41) is 4.60. The summed E-state index contributed by atoms with van der Waals surface area (Å²) in [4.78, 5) is 0. The molecule has 1 aromatic carbocycles. The zero-order chi connectivity index (χ0) is 10.4. The minimum atomic E-state index is 0. The van der Waals surface area contributed by atoms with Crippen LogP contribution in [0.3, 0.4) is 0 Å². The van der Waals surface area contributed by atoms with Crippen molar-refractivity contribution in [2.45, 2.75) is 18.6 Å². The number of ether oxygens (including phenoxy) is 1. The molecule has 0 unspecified atom stereocenters. The molecule has 3 rings (SSSR count). The molecule has 2 heterocycles. The Morgan fingerprint density at radius 2 is 2.06 bits per heavy atom. The van der Waals surface area contributed by atoms with Gasteiger partial charge in [0.1, 0.15) is 0 Å². The van der Waals surface area contributed by atoms with Crippen molar-refractivity contribution < 1.29 is 4.74 Å². The fraction of sp³-hybridized carbons (Fsp3) is 0.455. The number of fused-ring (bicyclic) bond motifs is 3. The molecule has 0 spiro atoms. The molecule has 2 atom stereocenters. The van der Waals surface area contributed by atoms with Gasteiger partial charge in [-0.25, -0.2) is 0 Å². The maximum absolute atomic E-state index is 6.17. The average molecular weight is 281 g/mol. The largest absolute Gasteiger partial charge is 0.371 e. The van der Waals surface area contributed by atoms with Gasteiger partial charge in [0.05, 0.1) is 22.8 Å². The first-order chi connectivity index (χ1) is 7.27. The molecule has 1 N–H and O–H groups in total. The van der Waals surface area contributed by atoms with Crippen molar-refractivity contribution in [3.63, 3.8) is 0 Å². The molecule has 0 amide bonds. The smallest absolute Gasteiger partial charge is 0.0784 e. The molecule has 0 bridgehead atoms. The van der Waals surface area contributed by atoms with Crippen LogP contribution in [0.15, 0.2) is 12.1 Å². The Labute approximate surface area is 111 Å². The highest BCUT2D eigenvalue weighted by molar-refractivity contribution is 6.42. The van der Waals surface area contributed by atoms with E-state index < -0.39 is 0 Å². The maximum atomic E-state index is 6.17. The van der Waals surface area contributed by atoms with Crippen molar-refractivity contribution in [2.75, 3.05) is 13.1 Å². The van der Waals surface area contributed by atoms with Gasteiger partial charge in [0.25, 0.3) is 0 Å². The summed E-state index contributed by atoms with van der Waals surface area (Å²) < 4.78 is 5.76. The van der Waals surface area contributed by atoms with E-state index in [1.54, 1.807) is 0 Å². The molecule has 2 aliphatic rings. The number of hydrogen-bond donors (Lipinski definition) is 1. The van der Waals surface area contributed by atoms with Crippen LogP contribution in [0, 0.1) is 0 Å². The number of nitrogens with one attached hydrogen (secondary N) is 1. The Kier molecular flexibility index (Phi) is 3.67. The Morgan fingerprint density at radius 3 is 2.88 bits per heavy atom. The molecule has 16 heavy (non-hydrogen) atoms. The summed E-state index contributed by atoms with van der Waals surface area (Å²) in [6, 6.07) is 3.96. The summed E-state index contributed by atoms with van der Waals surface area (Å²) in [5.74, 6) is 0.434. The summed E-state index contributed by atoms with van der Waals surface area (Å²) in [6.07, 6.45) is 0.301. The third-order valence-electron chi connectivity index (χ3n) is 3.23. The second kappa shape index (κ2) is 4.71. The van der Waals surface area contributed by atoms with Crippen molar-refractivity contribution in [1.82, 2.24) is 5.32 Å². The first-order valence-electron chi connectivity index (χ1n) is 5.06. The molecular formula is C11H12Cl3NO.